The van der Waals surface area contributed by atoms with E-state index in [4.69, 9.17) is 0 Å². The normalized spacial score (nSPS) is 14.6. The fraction of sp³-hybridized carbons (Fsp3) is 0.368. The van der Waals surface area contributed by atoms with Crippen molar-refractivity contribution in [1.82, 2.24) is 39.6 Å². The summed E-state index contributed by atoms with van der Waals surface area (Å²) in [5, 5.41) is 15.6. The quantitative estimate of drug-likeness (QED) is 0.565. The largest absolute Gasteiger partial charge is 0.341 e. The number of piperidine rings is 1. The van der Waals surface area contributed by atoms with E-state index in [9.17, 15) is 4.79 Å². The van der Waals surface area contributed by atoms with Gasteiger partial charge in [0.05, 0.1) is 11.4 Å². The summed E-state index contributed by atoms with van der Waals surface area (Å²) >= 11 is 0. The van der Waals surface area contributed by atoms with Crippen LogP contribution in [0.15, 0.2) is 29.2 Å². The number of nitrogens with zero attached hydrogens (tertiary/aromatic N) is 8. The van der Waals surface area contributed by atoms with Crippen molar-refractivity contribution in [2.24, 2.45) is 0 Å². The van der Waals surface area contributed by atoms with Crippen LogP contribution < -0.4 is 10.5 Å². The van der Waals surface area contributed by atoms with Crippen LogP contribution in [0.1, 0.15) is 30.8 Å². The third-order valence-corrected chi connectivity index (χ3v) is 5.25. The monoisotopic (exact) mass is 391 g/mol. The predicted octanol–water partition coefficient (Wildman–Crippen LogP) is 1.67. The summed E-state index contributed by atoms with van der Waals surface area (Å²) in [6.45, 7) is 5.72. The average Bonchev–Trinajstić information content (AvgIpc) is 3.31. The van der Waals surface area contributed by atoms with E-state index >= 15 is 0 Å². The molecule has 4 aromatic heterocycles. The van der Waals surface area contributed by atoms with Gasteiger partial charge in [-0.2, -0.15) is 9.20 Å². The number of hydrogen-bond donors (Lipinski definition) is 1. The molecule has 0 aromatic carbocycles. The molecule has 4 aromatic rings. The second-order valence-corrected chi connectivity index (χ2v) is 7.27. The first-order chi connectivity index (χ1) is 14.1. The fourth-order valence-electron chi connectivity index (χ4n) is 3.68. The van der Waals surface area contributed by atoms with Gasteiger partial charge in [0.1, 0.15) is 0 Å². The molecule has 0 saturated carbocycles. The van der Waals surface area contributed by atoms with Crippen LogP contribution in [0.25, 0.3) is 22.7 Å². The lowest BCUT2D eigenvalue weighted by molar-refractivity contribution is 0.568. The van der Waals surface area contributed by atoms with Gasteiger partial charge in [-0.3, -0.25) is 9.89 Å². The second-order valence-electron chi connectivity index (χ2n) is 7.27. The highest BCUT2D eigenvalue weighted by molar-refractivity contribution is 5.61. The summed E-state index contributed by atoms with van der Waals surface area (Å²) in [5.41, 5.74) is 2.69. The van der Waals surface area contributed by atoms with Gasteiger partial charge < -0.3 is 4.90 Å². The zero-order valence-electron chi connectivity index (χ0n) is 16.3. The van der Waals surface area contributed by atoms with E-state index in [1.54, 1.807) is 22.8 Å². The molecule has 0 amide bonds. The molecule has 5 rings (SSSR count). The Bertz CT molecular complexity index is 1250. The molecule has 0 radical (unpaired) electrons. The van der Waals surface area contributed by atoms with E-state index in [1.165, 1.54) is 30.0 Å². The van der Waals surface area contributed by atoms with E-state index in [0.717, 1.165) is 30.3 Å². The highest BCUT2D eigenvalue weighted by Gasteiger charge is 2.17. The lowest BCUT2D eigenvalue weighted by Crippen LogP contribution is -2.31. The Morgan fingerprint density at radius 1 is 1.07 bits per heavy atom. The smallest absolute Gasteiger partial charge is 0.273 e. The van der Waals surface area contributed by atoms with Crippen LogP contribution in [-0.4, -0.2) is 52.6 Å². The van der Waals surface area contributed by atoms with Crippen molar-refractivity contribution < 1.29 is 0 Å². The molecule has 29 heavy (non-hydrogen) atoms. The van der Waals surface area contributed by atoms with Gasteiger partial charge in [0.2, 0.25) is 5.95 Å². The van der Waals surface area contributed by atoms with E-state index < -0.39 is 0 Å². The SMILES string of the molecule is Cc1nc(N2CCCCC2)ncc1-c1cc(=O)n(-c2ccc3nnc(C)n3n2)[nH]1. The van der Waals surface area contributed by atoms with Crippen molar-refractivity contribution in [2.45, 2.75) is 33.1 Å². The molecule has 1 saturated heterocycles. The maximum atomic E-state index is 12.6. The number of rotatable bonds is 3. The van der Waals surface area contributed by atoms with Gasteiger partial charge in [0.15, 0.2) is 17.3 Å². The number of hydrogen-bond acceptors (Lipinski definition) is 7. The first-order valence-corrected chi connectivity index (χ1v) is 9.70. The molecule has 0 aliphatic carbocycles. The van der Waals surface area contributed by atoms with Gasteiger partial charge in [-0.1, -0.05) is 0 Å². The first-order valence-electron chi connectivity index (χ1n) is 9.70. The first kappa shape index (κ1) is 17.5. The van der Waals surface area contributed by atoms with Gasteiger partial charge in [-0.25, -0.2) is 9.97 Å². The maximum Gasteiger partial charge on any atom is 0.273 e. The average molecular weight is 391 g/mol. The van der Waals surface area contributed by atoms with E-state index in [0.29, 0.717) is 23.0 Å². The van der Waals surface area contributed by atoms with Crippen molar-refractivity contribution in [1.29, 1.82) is 0 Å². The number of aromatic amines is 1. The lowest BCUT2D eigenvalue weighted by Gasteiger charge is -2.26. The van der Waals surface area contributed by atoms with Crippen molar-refractivity contribution in [3.05, 3.63) is 46.3 Å². The number of aromatic nitrogens is 8. The molecule has 1 aliphatic heterocycles. The van der Waals surface area contributed by atoms with Crippen molar-refractivity contribution in [2.75, 3.05) is 18.0 Å². The Labute approximate surface area is 166 Å². The minimum Gasteiger partial charge on any atom is -0.341 e. The minimum absolute atomic E-state index is 0.211. The molecule has 0 spiro atoms. The molecule has 10 heteroatoms. The fourth-order valence-corrected chi connectivity index (χ4v) is 3.68. The number of anilines is 1. The van der Waals surface area contributed by atoms with E-state index in [-0.39, 0.29) is 5.56 Å². The highest BCUT2D eigenvalue weighted by Crippen LogP contribution is 2.22. The van der Waals surface area contributed by atoms with E-state index in [2.05, 4.69) is 35.3 Å². The standard InChI is InChI=1S/C19H21N9O/c1-12-14(11-20-19(21-12)26-8-4-3-5-9-26)15-10-18(29)28(24-15)17-7-6-16-23-22-13(2)27(16)25-17/h6-7,10-11,24H,3-5,8-9H2,1-2H3. The molecular weight excluding hydrogens is 370 g/mol. The molecular formula is C19H21N9O. The predicted molar refractivity (Wildman–Crippen MR) is 107 cm³/mol. The number of nitrogens with one attached hydrogen (secondary N) is 1. The highest BCUT2D eigenvalue weighted by atomic mass is 16.1. The zero-order chi connectivity index (χ0) is 20.0. The molecule has 1 N–H and O–H groups in total. The van der Waals surface area contributed by atoms with Gasteiger partial charge in [-0.05, 0) is 45.2 Å². The van der Waals surface area contributed by atoms with E-state index in [1.807, 2.05) is 13.8 Å². The van der Waals surface area contributed by atoms with Crippen LogP contribution in [0.3, 0.4) is 0 Å². The molecule has 5 heterocycles. The molecule has 1 fully saturated rings. The van der Waals surface area contributed by atoms with Crippen LogP contribution in [0.4, 0.5) is 5.95 Å². The van der Waals surface area contributed by atoms with Gasteiger partial charge in [0.25, 0.3) is 5.56 Å². The molecule has 10 nitrogen and oxygen atoms in total. The molecule has 0 unspecified atom stereocenters. The van der Waals surface area contributed by atoms with Gasteiger partial charge in [-0.15, -0.1) is 15.3 Å². The molecule has 0 atom stereocenters. The van der Waals surface area contributed by atoms with Crippen molar-refractivity contribution in [3.63, 3.8) is 0 Å². The minimum atomic E-state index is -0.211. The van der Waals surface area contributed by atoms with Crippen LogP contribution in [0, 0.1) is 13.8 Å². The number of fused-ring (bicyclic) bond motifs is 1. The Balaban J connectivity index is 1.51. The summed E-state index contributed by atoms with van der Waals surface area (Å²) in [5.74, 6) is 1.86. The second kappa shape index (κ2) is 6.80. The molecule has 148 valence electrons. The summed E-state index contributed by atoms with van der Waals surface area (Å²) < 4.78 is 3.00. The third-order valence-electron chi connectivity index (χ3n) is 5.25. The Kier molecular flexibility index (Phi) is 4.11. The van der Waals surface area contributed by atoms with Crippen LogP contribution >= 0.6 is 0 Å². The molecule has 1 aliphatic rings. The lowest BCUT2D eigenvalue weighted by atomic mass is 10.1. The van der Waals surface area contributed by atoms with Crippen LogP contribution in [-0.2, 0) is 0 Å². The Hall–Kier alpha value is -3.56. The van der Waals surface area contributed by atoms with Crippen LogP contribution in [0.5, 0.6) is 0 Å². The summed E-state index contributed by atoms with van der Waals surface area (Å²) in [7, 11) is 0. The maximum absolute atomic E-state index is 12.6. The Morgan fingerprint density at radius 2 is 1.90 bits per heavy atom. The summed E-state index contributed by atoms with van der Waals surface area (Å²) in [6.07, 6.45) is 5.38. The summed E-state index contributed by atoms with van der Waals surface area (Å²) in [4.78, 5) is 24.0. The number of H-pyrrole nitrogens is 1. The van der Waals surface area contributed by atoms with Crippen molar-refractivity contribution in [3.8, 4) is 17.1 Å². The topological polar surface area (TPSA) is 110 Å². The number of aryl methyl sites for hydroxylation is 2. The Morgan fingerprint density at radius 3 is 2.69 bits per heavy atom. The van der Waals surface area contributed by atoms with Gasteiger partial charge >= 0.3 is 0 Å². The third kappa shape index (κ3) is 3.06. The van der Waals surface area contributed by atoms with Crippen LogP contribution in [0.2, 0.25) is 0 Å². The molecule has 0 bridgehead atoms. The van der Waals surface area contributed by atoms with Crippen molar-refractivity contribution >= 4 is 11.6 Å². The zero-order valence-corrected chi connectivity index (χ0v) is 16.3. The van der Waals surface area contributed by atoms with Gasteiger partial charge in [0, 0.05) is 30.9 Å². The summed E-state index contributed by atoms with van der Waals surface area (Å²) in [6, 6.07) is 5.04.